The van der Waals surface area contributed by atoms with Gasteiger partial charge in [0.25, 0.3) is 0 Å². The third kappa shape index (κ3) is 6.17. The third-order valence-electron chi connectivity index (χ3n) is 5.07. The van der Waals surface area contributed by atoms with Gasteiger partial charge in [0.1, 0.15) is 5.75 Å². The molecule has 0 saturated carbocycles. The van der Waals surface area contributed by atoms with Crippen molar-refractivity contribution in [1.82, 2.24) is 0 Å². The zero-order valence-electron chi connectivity index (χ0n) is 14.8. The quantitative estimate of drug-likeness (QED) is 0.195. The molecule has 0 aromatic heterocycles. The highest BCUT2D eigenvalue weighted by atomic mass is 28.3. The largest absolute Gasteiger partial charge is 0.426 e. The first kappa shape index (κ1) is 20.0. The first-order valence-electron chi connectivity index (χ1n) is 9.37. The maximum atomic E-state index is 13.2. The summed E-state index contributed by atoms with van der Waals surface area (Å²) >= 11 is 0. The van der Waals surface area contributed by atoms with Crippen molar-refractivity contribution >= 4 is 14.8 Å². The summed E-state index contributed by atoms with van der Waals surface area (Å²) in [6.07, 6.45) is 8.10. The average Bonchev–Trinajstić information content (AvgIpc) is 2.60. The van der Waals surface area contributed by atoms with Crippen LogP contribution in [0.2, 0.25) is 18.1 Å². The first-order chi connectivity index (χ1) is 12.0. The van der Waals surface area contributed by atoms with Crippen molar-refractivity contribution in [3.8, 4) is 5.75 Å². The Bertz CT molecular complexity index is 549. The van der Waals surface area contributed by atoms with Gasteiger partial charge in [0.2, 0.25) is 0 Å². The van der Waals surface area contributed by atoms with Crippen molar-refractivity contribution in [2.24, 2.45) is 5.92 Å². The average molecular weight is 373 g/mol. The second-order valence-electron chi connectivity index (χ2n) is 7.04. The number of carbonyl (C=O) groups excluding carboxylic acids is 1. The van der Waals surface area contributed by atoms with Gasteiger partial charge in [-0.15, -0.1) is 0 Å². The fraction of sp³-hybridized carbons (Fsp3) is 0.632. The van der Waals surface area contributed by atoms with Crippen molar-refractivity contribution in [2.45, 2.75) is 70.0 Å². The minimum Gasteiger partial charge on any atom is -0.426 e. The zero-order chi connectivity index (χ0) is 18.2. The Morgan fingerprint density at radius 1 is 1.08 bits per heavy atom. The van der Waals surface area contributed by atoms with Crippen LogP contribution < -0.4 is 4.74 Å². The van der Waals surface area contributed by atoms with Gasteiger partial charge in [0, 0.05) is 20.9 Å². The van der Waals surface area contributed by atoms with Gasteiger partial charge in [-0.25, -0.2) is 13.2 Å². The molecule has 1 aliphatic rings. The lowest BCUT2D eigenvalue weighted by atomic mass is 10.0. The van der Waals surface area contributed by atoms with E-state index in [0.29, 0.717) is 12.1 Å². The molecule has 140 valence electrons. The summed E-state index contributed by atoms with van der Waals surface area (Å²) in [6.45, 7) is 2.21. The fourth-order valence-corrected chi connectivity index (χ4v) is 6.99. The van der Waals surface area contributed by atoms with Gasteiger partial charge in [-0.1, -0.05) is 57.2 Å². The van der Waals surface area contributed by atoms with Crippen LogP contribution in [-0.4, -0.2) is 14.8 Å². The molecule has 1 fully saturated rings. The number of benzene rings is 1. The Hall–Kier alpha value is -1.30. The number of carbonyl (C=O) groups is 1. The molecule has 1 aliphatic heterocycles. The molecule has 0 N–H and O–H groups in total. The molecule has 0 bridgehead atoms. The molecule has 0 amide bonds. The smallest absolute Gasteiger partial charge is 0.314 e. The second-order valence-corrected chi connectivity index (χ2v) is 10.5. The number of hydrogen-bond acceptors (Lipinski definition) is 2. The van der Waals surface area contributed by atoms with E-state index in [1.807, 2.05) is 0 Å². The van der Waals surface area contributed by atoms with E-state index in [1.54, 1.807) is 0 Å². The molecule has 2 nitrogen and oxygen atoms in total. The van der Waals surface area contributed by atoms with Gasteiger partial charge < -0.3 is 4.74 Å². The lowest BCUT2D eigenvalue weighted by molar-refractivity contribution is -0.139. The lowest BCUT2D eigenvalue weighted by Gasteiger charge is -2.26. The van der Waals surface area contributed by atoms with Crippen LogP contribution in [0.1, 0.15) is 51.9 Å². The molecule has 6 heteroatoms. The van der Waals surface area contributed by atoms with Crippen molar-refractivity contribution < 1.29 is 22.7 Å². The van der Waals surface area contributed by atoms with Crippen LogP contribution in [0.25, 0.3) is 0 Å². The van der Waals surface area contributed by atoms with Crippen LogP contribution >= 0.6 is 0 Å². The van der Waals surface area contributed by atoms with Gasteiger partial charge in [-0.05, 0) is 12.8 Å². The molecule has 1 aromatic rings. The van der Waals surface area contributed by atoms with Gasteiger partial charge in [-0.3, -0.25) is 4.79 Å². The van der Waals surface area contributed by atoms with E-state index in [9.17, 15) is 18.0 Å². The summed E-state index contributed by atoms with van der Waals surface area (Å²) in [4.78, 5) is 12.2. The van der Waals surface area contributed by atoms with Gasteiger partial charge >= 0.3 is 5.97 Å². The van der Waals surface area contributed by atoms with E-state index in [1.165, 1.54) is 38.1 Å². The lowest BCUT2D eigenvalue weighted by Crippen LogP contribution is -2.28. The summed E-state index contributed by atoms with van der Waals surface area (Å²) in [7, 11) is -0.743. The van der Waals surface area contributed by atoms with Crippen molar-refractivity contribution in [3.63, 3.8) is 0 Å². The molecule has 0 unspecified atom stereocenters. The summed E-state index contributed by atoms with van der Waals surface area (Å²) in [5, 5.41) is 0. The number of ether oxygens (including phenoxy) is 1. The van der Waals surface area contributed by atoms with Crippen LogP contribution in [0, 0.1) is 23.4 Å². The molecule has 1 saturated heterocycles. The van der Waals surface area contributed by atoms with E-state index in [2.05, 4.69) is 6.92 Å². The second kappa shape index (κ2) is 9.99. The number of hydrogen-bond donors (Lipinski definition) is 0. The standard InChI is InChI=1S/C19H27F3O2Si/c1-2-3-4-5-6-9-25-10-7-14(8-11-25)19(23)24-15-12-16(20)18(22)17(21)13-15/h12-14,25H,2-11H2,1H3. The van der Waals surface area contributed by atoms with E-state index in [-0.39, 0.29) is 11.7 Å². The molecule has 0 spiro atoms. The minimum atomic E-state index is -1.55. The maximum absolute atomic E-state index is 13.2. The highest BCUT2D eigenvalue weighted by Gasteiger charge is 2.28. The molecular weight excluding hydrogens is 345 g/mol. The van der Waals surface area contributed by atoms with Gasteiger partial charge in [0.15, 0.2) is 17.5 Å². The topological polar surface area (TPSA) is 26.3 Å². The Balaban J connectivity index is 1.74. The number of esters is 1. The van der Waals surface area contributed by atoms with E-state index in [4.69, 9.17) is 4.74 Å². The van der Waals surface area contributed by atoms with Crippen molar-refractivity contribution in [3.05, 3.63) is 29.6 Å². The number of halogens is 3. The van der Waals surface area contributed by atoms with E-state index < -0.39 is 32.2 Å². The maximum Gasteiger partial charge on any atom is 0.314 e. The summed E-state index contributed by atoms with van der Waals surface area (Å²) in [6, 6.07) is 5.03. The molecule has 2 rings (SSSR count). The van der Waals surface area contributed by atoms with Gasteiger partial charge in [-0.2, -0.15) is 0 Å². The van der Waals surface area contributed by atoms with Crippen LogP contribution in [0.15, 0.2) is 12.1 Å². The van der Waals surface area contributed by atoms with Crippen LogP contribution in [0.4, 0.5) is 13.2 Å². The highest BCUT2D eigenvalue weighted by molar-refractivity contribution is 6.59. The Labute approximate surface area is 149 Å². The summed E-state index contributed by atoms with van der Waals surface area (Å²) in [5.41, 5.74) is 0. The van der Waals surface area contributed by atoms with Gasteiger partial charge in [0.05, 0.1) is 5.92 Å². The third-order valence-corrected chi connectivity index (χ3v) is 8.60. The van der Waals surface area contributed by atoms with Crippen molar-refractivity contribution in [1.29, 1.82) is 0 Å². The number of rotatable bonds is 8. The Morgan fingerprint density at radius 3 is 2.28 bits per heavy atom. The predicted octanol–water partition coefficient (Wildman–Crippen LogP) is 5.62. The summed E-state index contributed by atoms with van der Waals surface area (Å²) < 4.78 is 44.3. The fourth-order valence-electron chi connectivity index (χ4n) is 3.51. The first-order valence-corrected chi connectivity index (χ1v) is 11.8. The normalized spacial score (nSPS) is 20.5. The molecule has 0 atom stereocenters. The van der Waals surface area contributed by atoms with E-state index >= 15 is 0 Å². The molecular formula is C19H27F3O2Si. The van der Waals surface area contributed by atoms with Crippen LogP contribution in [0.5, 0.6) is 5.75 Å². The molecule has 25 heavy (non-hydrogen) atoms. The molecule has 1 heterocycles. The monoisotopic (exact) mass is 372 g/mol. The Kier molecular flexibility index (Phi) is 8.00. The molecule has 1 aromatic carbocycles. The van der Waals surface area contributed by atoms with E-state index in [0.717, 1.165) is 24.9 Å². The summed E-state index contributed by atoms with van der Waals surface area (Å²) in [5.74, 6) is -5.17. The predicted molar refractivity (Wildman–Crippen MR) is 95.0 cm³/mol. The molecule has 0 radical (unpaired) electrons. The molecule has 0 aliphatic carbocycles. The highest BCUT2D eigenvalue weighted by Crippen LogP contribution is 2.30. The minimum absolute atomic E-state index is 0.208. The Morgan fingerprint density at radius 2 is 1.68 bits per heavy atom. The van der Waals surface area contributed by atoms with Crippen LogP contribution in [-0.2, 0) is 4.79 Å². The van der Waals surface area contributed by atoms with Crippen molar-refractivity contribution in [2.75, 3.05) is 0 Å². The SMILES string of the molecule is CCCCCCC[SiH]1CCC(C(=O)Oc2cc(F)c(F)c(F)c2)CC1. The number of unbranched alkanes of at least 4 members (excludes halogenated alkanes) is 4. The van der Waals surface area contributed by atoms with Crippen LogP contribution in [0.3, 0.4) is 0 Å². The zero-order valence-corrected chi connectivity index (χ0v) is 16.0.